The molecule has 0 spiro atoms. The van der Waals surface area contributed by atoms with Crippen LogP contribution < -0.4 is 4.72 Å². The van der Waals surface area contributed by atoms with Crippen LogP contribution in [0.2, 0.25) is 0 Å². The minimum absolute atomic E-state index is 0.174. The molecular weight excluding hydrogens is 310 g/mol. The Morgan fingerprint density at radius 3 is 2.29 bits per heavy atom. The summed E-state index contributed by atoms with van der Waals surface area (Å²) in [5.74, 6) is 1.12. The molecule has 0 aliphatic carbocycles. The zero-order valence-corrected chi connectivity index (χ0v) is 15.1. The predicted molar refractivity (Wildman–Crippen MR) is 89.4 cm³/mol. The van der Waals surface area contributed by atoms with E-state index in [9.17, 15) is 8.42 Å². The van der Waals surface area contributed by atoms with Crippen LogP contribution in [0.15, 0.2) is 0 Å². The summed E-state index contributed by atoms with van der Waals surface area (Å²) >= 11 is 5.59. The van der Waals surface area contributed by atoms with Crippen LogP contribution in [0.4, 0.5) is 0 Å². The first-order chi connectivity index (χ1) is 9.85. The molecule has 0 amide bonds. The number of hydrogen-bond donors (Lipinski definition) is 1. The van der Waals surface area contributed by atoms with Gasteiger partial charge in [-0.2, -0.15) is 0 Å². The Kier molecular flexibility index (Phi) is 8.49. The lowest BCUT2D eigenvalue weighted by Crippen LogP contribution is -2.54. The Hall–Kier alpha value is 0.120. The Labute approximate surface area is 135 Å². The molecule has 1 heterocycles. The molecule has 126 valence electrons. The van der Waals surface area contributed by atoms with Gasteiger partial charge in [0, 0.05) is 44.6 Å². The van der Waals surface area contributed by atoms with Crippen molar-refractivity contribution >= 4 is 21.6 Å². The Morgan fingerprint density at radius 2 is 1.76 bits per heavy atom. The molecule has 0 radical (unpaired) electrons. The molecule has 0 saturated carbocycles. The highest BCUT2D eigenvalue weighted by molar-refractivity contribution is 7.89. The Bertz CT molecular complexity index is 382. The van der Waals surface area contributed by atoms with Crippen LogP contribution in [0.5, 0.6) is 0 Å². The third-order valence-electron chi connectivity index (χ3n) is 4.09. The van der Waals surface area contributed by atoms with Crippen molar-refractivity contribution in [1.82, 2.24) is 14.5 Å². The van der Waals surface area contributed by atoms with Crippen LogP contribution in [-0.2, 0) is 10.0 Å². The van der Waals surface area contributed by atoms with Crippen LogP contribution in [0.25, 0.3) is 0 Å². The summed E-state index contributed by atoms with van der Waals surface area (Å²) in [6.07, 6.45) is 1.37. The molecule has 0 bridgehead atoms. The van der Waals surface area contributed by atoms with E-state index in [0.717, 1.165) is 32.6 Å². The summed E-state index contributed by atoms with van der Waals surface area (Å²) in [5, 5.41) is 0. The lowest BCUT2D eigenvalue weighted by atomic mass is 10.0. The third kappa shape index (κ3) is 7.28. The maximum absolute atomic E-state index is 12.0. The number of alkyl halides is 1. The smallest absolute Gasteiger partial charge is 0.211 e. The van der Waals surface area contributed by atoms with Crippen molar-refractivity contribution in [3.05, 3.63) is 0 Å². The van der Waals surface area contributed by atoms with Crippen molar-refractivity contribution in [2.75, 3.05) is 51.4 Å². The maximum Gasteiger partial charge on any atom is 0.211 e. The first-order valence-electron chi connectivity index (χ1n) is 7.81. The van der Waals surface area contributed by atoms with Crippen molar-refractivity contribution in [2.24, 2.45) is 5.92 Å². The van der Waals surface area contributed by atoms with Crippen LogP contribution in [0.1, 0.15) is 26.7 Å². The number of rotatable bonds is 9. The fourth-order valence-corrected chi connectivity index (χ4v) is 3.95. The molecule has 1 aliphatic heterocycles. The molecule has 1 atom stereocenters. The maximum atomic E-state index is 12.0. The highest BCUT2D eigenvalue weighted by Crippen LogP contribution is 2.13. The van der Waals surface area contributed by atoms with E-state index in [0.29, 0.717) is 24.8 Å². The highest BCUT2D eigenvalue weighted by atomic mass is 35.5. The van der Waals surface area contributed by atoms with Gasteiger partial charge >= 0.3 is 0 Å². The zero-order chi connectivity index (χ0) is 15.9. The van der Waals surface area contributed by atoms with Gasteiger partial charge in [-0.25, -0.2) is 13.1 Å². The zero-order valence-electron chi connectivity index (χ0n) is 13.5. The summed E-state index contributed by atoms with van der Waals surface area (Å²) in [5.41, 5.74) is 0. The fourth-order valence-electron chi connectivity index (χ4n) is 2.61. The van der Waals surface area contributed by atoms with Gasteiger partial charge in [0.1, 0.15) is 0 Å². The van der Waals surface area contributed by atoms with E-state index in [4.69, 9.17) is 11.6 Å². The Balaban J connectivity index is 2.47. The summed E-state index contributed by atoms with van der Waals surface area (Å²) in [7, 11) is -1.05. The van der Waals surface area contributed by atoms with Gasteiger partial charge < -0.3 is 4.90 Å². The van der Waals surface area contributed by atoms with Crippen molar-refractivity contribution in [3.8, 4) is 0 Å². The number of nitrogens with one attached hydrogen (secondary N) is 1. The molecule has 1 fully saturated rings. The van der Waals surface area contributed by atoms with Gasteiger partial charge in [0.25, 0.3) is 0 Å². The summed E-state index contributed by atoms with van der Waals surface area (Å²) in [6, 6.07) is 0.265. The first kappa shape index (κ1) is 19.2. The van der Waals surface area contributed by atoms with E-state index < -0.39 is 10.0 Å². The predicted octanol–water partition coefficient (Wildman–Crippen LogP) is 1.20. The number of hydrogen-bond acceptors (Lipinski definition) is 4. The average Bonchev–Trinajstić information content (AvgIpc) is 2.40. The molecule has 7 heteroatoms. The van der Waals surface area contributed by atoms with E-state index in [1.54, 1.807) is 0 Å². The van der Waals surface area contributed by atoms with Crippen molar-refractivity contribution in [2.45, 2.75) is 32.7 Å². The second kappa shape index (κ2) is 9.30. The molecule has 21 heavy (non-hydrogen) atoms. The lowest BCUT2D eigenvalue weighted by Gasteiger charge is -2.39. The monoisotopic (exact) mass is 339 g/mol. The standard InChI is InChI=1S/C14H30ClN3O2S/c1-13(2)14(18-9-7-17(3)8-10-18)12-16-21(19,20)11-5-4-6-15/h13-14,16H,4-12H2,1-3H3. The molecule has 1 rings (SSSR count). The van der Waals surface area contributed by atoms with Crippen LogP contribution in [0.3, 0.4) is 0 Å². The third-order valence-corrected chi connectivity index (χ3v) is 5.79. The number of likely N-dealkylation sites (N-methyl/N-ethyl adjacent to an activating group) is 1. The second-order valence-corrected chi connectivity index (χ2v) is 8.52. The first-order valence-corrected chi connectivity index (χ1v) is 10.0. The van der Waals surface area contributed by atoms with Gasteiger partial charge in [-0.05, 0) is 25.8 Å². The molecular formula is C14H30ClN3O2S. The highest BCUT2D eigenvalue weighted by Gasteiger charge is 2.26. The van der Waals surface area contributed by atoms with Crippen molar-refractivity contribution < 1.29 is 8.42 Å². The molecule has 0 aromatic heterocycles. The topological polar surface area (TPSA) is 52.7 Å². The normalized spacial score (nSPS) is 20.0. The van der Waals surface area contributed by atoms with Crippen molar-refractivity contribution in [1.29, 1.82) is 0 Å². The molecule has 0 aromatic carbocycles. The molecule has 1 aliphatic rings. The van der Waals surface area contributed by atoms with Gasteiger partial charge in [0.2, 0.25) is 10.0 Å². The van der Waals surface area contributed by atoms with Gasteiger partial charge in [0.15, 0.2) is 0 Å². The number of sulfonamides is 1. The van der Waals surface area contributed by atoms with Crippen LogP contribution in [0, 0.1) is 5.92 Å². The van der Waals surface area contributed by atoms with Gasteiger partial charge in [-0.15, -0.1) is 11.6 Å². The lowest BCUT2D eigenvalue weighted by molar-refractivity contribution is 0.0905. The second-order valence-electron chi connectivity index (χ2n) is 6.21. The number of unbranched alkanes of at least 4 members (excludes halogenated alkanes) is 1. The number of piperazine rings is 1. The van der Waals surface area contributed by atoms with E-state index in [1.165, 1.54) is 0 Å². The molecule has 1 saturated heterocycles. The van der Waals surface area contributed by atoms with E-state index in [2.05, 4.69) is 35.4 Å². The number of halogens is 1. The van der Waals surface area contributed by atoms with Gasteiger partial charge in [0.05, 0.1) is 5.75 Å². The van der Waals surface area contributed by atoms with Gasteiger partial charge in [-0.3, -0.25) is 4.90 Å². The van der Waals surface area contributed by atoms with Gasteiger partial charge in [-0.1, -0.05) is 13.8 Å². The minimum atomic E-state index is -3.18. The molecule has 5 nitrogen and oxygen atoms in total. The number of nitrogens with zero attached hydrogens (tertiary/aromatic N) is 2. The quantitative estimate of drug-likeness (QED) is 0.506. The summed E-state index contributed by atoms with van der Waals surface area (Å²) < 4.78 is 26.8. The molecule has 1 N–H and O–H groups in total. The summed E-state index contributed by atoms with van der Waals surface area (Å²) in [6.45, 7) is 8.93. The Morgan fingerprint density at radius 1 is 1.14 bits per heavy atom. The SMILES string of the molecule is CC(C)C(CNS(=O)(=O)CCCCCl)N1CCN(C)CC1. The largest absolute Gasteiger partial charge is 0.304 e. The minimum Gasteiger partial charge on any atom is -0.304 e. The van der Waals surface area contributed by atoms with Crippen LogP contribution in [-0.4, -0.2) is 75.7 Å². The molecule has 1 unspecified atom stereocenters. The average molecular weight is 340 g/mol. The summed E-state index contributed by atoms with van der Waals surface area (Å²) in [4.78, 5) is 4.72. The van der Waals surface area contributed by atoms with E-state index in [-0.39, 0.29) is 11.8 Å². The van der Waals surface area contributed by atoms with E-state index >= 15 is 0 Å². The van der Waals surface area contributed by atoms with Crippen molar-refractivity contribution in [3.63, 3.8) is 0 Å². The molecule has 0 aromatic rings. The van der Waals surface area contributed by atoms with Crippen LogP contribution >= 0.6 is 11.6 Å². The van der Waals surface area contributed by atoms with E-state index in [1.807, 2.05) is 0 Å². The fraction of sp³-hybridized carbons (Fsp3) is 1.00.